The van der Waals surface area contributed by atoms with E-state index in [1.807, 2.05) is 6.92 Å². The molecule has 0 N–H and O–H groups in total. The first-order chi connectivity index (χ1) is 7.56. The lowest BCUT2D eigenvalue weighted by Gasteiger charge is -2.10. The van der Waals surface area contributed by atoms with Gasteiger partial charge in [-0.1, -0.05) is 25.5 Å². The second-order valence-corrected chi connectivity index (χ2v) is 3.87. The fourth-order valence-corrected chi connectivity index (χ4v) is 1.76. The van der Waals surface area contributed by atoms with Crippen LogP contribution in [0, 0.1) is 10.1 Å². The molecule has 0 aliphatic carbocycles. The van der Waals surface area contributed by atoms with Gasteiger partial charge >= 0.3 is 0 Å². The molecule has 0 aliphatic heterocycles. The Hall–Kier alpha value is -1.42. The van der Waals surface area contributed by atoms with Crippen LogP contribution < -0.4 is 0 Å². The highest BCUT2D eigenvalue weighted by Crippen LogP contribution is 2.25. The number of halogens is 1. The normalized spacial score (nSPS) is 12.1. The molecule has 0 heterocycles. The highest BCUT2D eigenvalue weighted by atomic mass is 35.5. The second-order valence-electron chi connectivity index (χ2n) is 3.49. The van der Waals surface area contributed by atoms with Crippen LogP contribution in [0.25, 0.3) is 0 Å². The first kappa shape index (κ1) is 12.6. The van der Waals surface area contributed by atoms with Crippen molar-refractivity contribution >= 4 is 22.5 Å². The van der Waals surface area contributed by atoms with E-state index in [0.29, 0.717) is 6.42 Å². The van der Waals surface area contributed by atoms with E-state index < -0.39 is 10.2 Å². The molecule has 1 aromatic rings. The van der Waals surface area contributed by atoms with E-state index in [1.165, 1.54) is 12.1 Å². The lowest BCUT2D eigenvalue weighted by Crippen LogP contribution is -2.06. The first-order valence-corrected chi connectivity index (χ1v) is 5.37. The van der Waals surface area contributed by atoms with Crippen molar-refractivity contribution in [3.05, 3.63) is 39.9 Å². The summed E-state index contributed by atoms with van der Waals surface area (Å²) in [4.78, 5) is 21.2. The highest BCUT2D eigenvalue weighted by Gasteiger charge is 2.18. The van der Waals surface area contributed by atoms with Crippen molar-refractivity contribution in [1.29, 1.82) is 0 Å². The summed E-state index contributed by atoms with van der Waals surface area (Å²) in [5, 5.41) is 10.0. The molecule has 16 heavy (non-hydrogen) atoms. The van der Waals surface area contributed by atoms with Crippen LogP contribution >= 0.6 is 11.6 Å². The summed E-state index contributed by atoms with van der Waals surface area (Å²) < 4.78 is 0. The van der Waals surface area contributed by atoms with E-state index in [4.69, 9.17) is 11.6 Å². The summed E-state index contributed by atoms with van der Waals surface area (Å²) in [7, 11) is 0. The van der Waals surface area contributed by atoms with Gasteiger partial charge in [-0.25, -0.2) is 0 Å². The molecule has 0 bridgehead atoms. The van der Waals surface area contributed by atoms with Crippen LogP contribution in [-0.2, 0) is 4.79 Å². The van der Waals surface area contributed by atoms with Crippen LogP contribution in [0.2, 0.25) is 0 Å². The topological polar surface area (TPSA) is 60.2 Å². The van der Waals surface area contributed by atoms with Gasteiger partial charge in [0.2, 0.25) is 5.24 Å². The summed E-state index contributed by atoms with van der Waals surface area (Å²) in [6, 6.07) is 5.94. The number of nitrogens with zero attached hydrogens (tertiary/aromatic N) is 1. The van der Waals surface area contributed by atoms with E-state index in [-0.39, 0.29) is 11.6 Å². The molecule has 0 amide bonds. The second kappa shape index (κ2) is 5.61. The first-order valence-electron chi connectivity index (χ1n) is 5.00. The molecule has 1 atom stereocenters. The van der Waals surface area contributed by atoms with Gasteiger partial charge in [-0.2, -0.15) is 0 Å². The summed E-state index contributed by atoms with van der Waals surface area (Å²) in [5.41, 5.74) is 0.744. The summed E-state index contributed by atoms with van der Waals surface area (Å²) >= 11 is 5.49. The zero-order chi connectivity index (χ0) is 12.1. The van der Waals surface area contributed by atoms with Crippen molar-refractivity contribution in [3.8, 4) is 0 Å². The third-order valence-corrected chi connectivity index (χ3v) is 2.62. The van der Waals surface area contributed by atoms with Crippen LogP contribution in [-0.4, -0.2) is 10.2 Å². The number of carbonyl (C=O) groups is 1. The Morgan fingerprint density at radius 2 is 2.00 bits per heavy atom. The number of rotatable bonds is 5. The van der Waals surface area contributed by atoms with Gasteiger partial charge in [0, 0.05) is 12.1 Å². The third-order valence-electron chi connectivity index (χ3n) is 2.36. The van der Waals surface area contributed by atoms with Crippen molar-refractivity contribution in [2.24, 2.45) is 0 Å². The van der Waals surface area contributed by atoms with Gasteiger partial charge in [0.1, 0.15) is 0 Å². The quantitative estimate of drug-likeness (QED) is 0.452. The van der Waals surface area contributed by atoms with E-state index in [1.54, 1.807) is 12.1 Å². The average molecular weight is 242 g/mol. The molecular formula is C11H12ClNO3. The average Bonchev–Trinajstić information content (AvgIpc) is 2.25. The molecule has 1 rings (SSSR count). The number of non-ortho nitro benzene ring substituents is 1. The summed E-state index contributed by atoms with van der Waals surface area (Å²) in [5.74, 6) is -0.368. The van der Waals surface area contributed by atoms with Crippen molar-refractivity contribution in [2.75, 3.05) is 0 Å². The van der Waals surface area contributed by atoms with Gasteiger partial charge in [0.15, 0.2) is 0 Å². The van der Waals surface area contributed by atoms with Gasteiger partial charge < -0.3 is 0 Å². The molecule has 5 heteroatoms. The number of hydrogen-bond donors (Lipinski definition) is 0. The number of hydrogen-bond acceptors (Lipinski definition) is 3. The molecule has 1 unspecified atom stereocenters. The van der Waals surface area contributed by atoms with Crippen LogP contribution in [0.1, 0.15) is 31.2 Å². The largest absolute Gasteiger partial charge is 0.281 e. The molecule has 0 spiro atoms. The predicted octanol–water partition coefficient (Wildman–Crippen LogP) is 3.24. The fraction of sp³-hybridized carbons (Fsp3) is 0.364. The van der Waals surface area contributed by atoms with E-state index in [0.717, 1.165) is 12.0 Å². The molecule has 86 valence electrons. The predicted molar refractivity (Wildman–Crippen MR) is 61.6 cm³/mol. The van der Waals surface area contributed by atoms with Crippen molar-refractivity contribution < 1.29 is 9.72 Å². The molecular weight excluding hydrogens is 230 g/mol. The standard InChI is InChI=1S/C11H12ClNO3/c1-2-3-10(11(12)14)8-4-6-9(7-5-8)13(15)16/h4-7,10H,2-3H2,1H3. The fourth-order valence-electron chi connectivity index (χ4n) is 1.53. The van der Waals surface area contributed by atoms with E-state index in [9.17, 15) is 14.9 Å². The molecule has 0 aliphatic rings. The van der Waals surface area contributed by atoms with Crippen LogP contribution in [0.4, 0.5) is 5.69 Å². The van der Waals surface area contributed by atoms with Crippen molar-refractivity contribution in [2.45, 2.75) is 25.7 Å². The van der Waals surface area contributed by atoms with E-state index in [2.05, 4.69) is 0 Å². The zero-order valence-corrected chi connectivity index (χ0v) is 9.61. The summed E-state index contributed by atoms with van der Waals surface area (Å²) in [6.07, 6.45) is 1.49. The van der Waals surface area contributed by atoms with Gasteiger partial charge in [0.05, 0.1) is 10.8 Å². The SMILES string of the molecule is CCCC(C(=O)Cl)c1ccc([N+](=O)[O-])cc1. The van der Waals surface area contributed by atoms with Crippen LogP contribution in [0.15, 0.2) is 24.3 Å². The Morgan fingerprint density at radius 3 is 2.38 bits per heavy atom. The monoisotopic (exact) mass is 241 g/mol. The molecule has 0 saturated carbocycles. The smallest absolute Gasteiger partial charge is 0.269 e. The molecule has 0 fully saturated rings. The van der Waals surface area contributed by atoms with Crippen molar-refractivity contribution in [3.63, 3.8) is 0 Å². The molecule has 1 aromatic carbocycles. The maximum atomic E-state index is 11.2. The van der Waals surface area contributed by atoms with Crippen molar-refractivity contribution in [1.82, 2.24) is 0 Å². The molecule has 0 aromatic heterocycles. The van der Waals surface area contributed by atoms with Gasteiger partial charge in [-0.05, 0) is 23.6 Å². The maximum absolute atomic E-state index is 11.2. The minimum absolute atomic E-state index is 0.0148. The number of benzene rings is 1. The lowest BCUT2D eigenvalue weighted by molar-refractivity contribution is -0.384. The Bertz CT molecular complexity index is 389. The Balaban J connectivity index is 2.94. The third kappa shape index (κ3) is 3.03. The Labute approximate surface area is 98.4 Å². The Kier molecular flexibility index (Phi) is 4.43. The van der Waals surface area contributed by atoms with Crippen LogP contribution in [0.5, 0.6) is 0 Å². The van der Waals surface area contributed by atoms with E-state index >= 15 is 0 Å². The maximum Gasteiger partial charge on any atom is 0.269 e. The highest BCUT2D eigenvalue weighted by molar-refractivity contribution is 6.64. The molecule has 0 radical (unpaired) electrons. The van der Waals surface area contributed by atoms with Gasteiger partial charge in [0.25, 0.3) is 5.69 Å². The van der Waals surface area contributed by atoms with Gasteiger partial charge in [-0.3, -0.25) is 14.9 Å². The lowest BCUT2D eigenvalue weighted by atomic mass is 9.96. The number of nitro benzene ring substituents is 1. The minimum Gasteiger partial charge on any atom is -0.281 e. The Morgan fingerprint density at radius 1 is 1.44 bits per heavy atom. The number of carbonyl (C=O) groups excluding carboxylic acids is 1. The zero-order valence-electron chi connectivity index (χ0n) is 8.85. The molecule has 0 saturated heterocycles. The minimum atomic E-state index is -0.471. The molecule has 4 nitrogen and oxygen atoms in total. The van der Waals surface area contributed by atoms with Crippen LogP contribution in [0.3, 0.4) is 0 Å². The number of nitro groups is 1. The summed E-state index contributed by atoms with van der Waals surface area (Å²) in [6.45, 7) is 1.96. The van der Waals surface area contributed by atoms with Gasteiger partial charge in [-0.15, -0.1) is 0 Å².